The van der Waals surface area contributed by atoms with Crippen LogP contribution in [0.2, 0.25) is 4.34 Å². The van der Waals surface area contributed by atoms with E-state index in [1.807, 2.05) is 6.07 Å². The van der Waals surface area contributed by atoms with Crippen LogP contribution in [0.3, 0.4) is 0 Å². The molecule has 0 spiro atoms. The molecule has 0 amide bonds. The number of nitrogens with zero attached hydrogens (tertiary/aromatic N) is 5. The molecular weight excluding hydrogens is 520 g/mol. The number of ketones is 1. The molecule has 5 rings (SSSR count). The summed E-state index contributed by atoms with van der Waals surface area (Å²) >= 11 is 7.37. The van der Waals surface area contributed by atoms with Gasteiger partial charge < -0.3 is 19.5 Å². The summed E-state index contributed by atoms with van der Waals surface area (Å²) in [7, 11) is 0. The van der Waals surface area contributed by atoms with E-state index < -0.39 is 11.5 Å². The average molecular weight is 537 g/mol. The van der Waals surface area contributed by atoms with Crippen molar-refractivity contribution < 1.29 is 19.2 Å². The Morgan fingerprint density at radius 3 is 2.73 bits per heavy atom. The second kappa shape index (κ2) is 10.2. The maximum atomic E-state index is 13.3. The van der Waals surface area contributed by atoms with E-state index in [2.05, 4.69) is 20.6 Å². The first kappa shape index (κ1) is 24.2. The fourth-order valence-electron chi connectivity index (χ4n) is 3.54. The highest BCUT2D eigenvalue weighted by molar-refractivity contribution is 7.16. The van der Waals surface area contributed by atoms with E-state index in [0.717, 1.165) is 14.1 Å². The van der Waals surface area contributed by atoms with Crippen LogP contribution in [0.1, 0.15) is 25.8 Å². The largest absolute Gasteiger partial charge is 0.507 e. The third-order valence-electron chi connectivity index (χ3n) is 5.32. The van der Waals surface area contributed by atoms with Crippen LogP contribution in [-0.4, -0.2) is 41.3 Å². The van der Waals surface area contributed by atoms with Crippen molar-refractivity contribution in [3.8, 4) is 17.0 Å². The highest BCUT2D eigenvalue weighted by Crippen LogP contribution is 2.28. The number of rotatable bonds is 8. The Kier molecular flexibility index (Phi) is 6.66. The van der Waals surface area contributed by atoms with Gasteiger partial charge in [0.25, 0.3) is 5.56 Å². The summed E-state index contributed by atoms with van der Waals surface area (Å²) in [6.45, 7) is 0.0383. The first-order chi connectivity index (χ1) is 17.9. The number of hydrogen-bond acceptors (Lipinski definition) is 10. The van der Waals surface area contributed by atoms with Gasteiger partial charge >= 0.3 is 5.91 Å². The Bertz CT molecular complexity index is 1640. The molecule has 11 nitrogen and oxygen atoms in total. The zero-order chi connectivity index (χ0) is 25.9. The predicted molar refractivity (Wildman–Crippen MR) is 135 cm³/mol. The Hall–Kier alpha value is -4.55. The van der Waals surface area contributed by atoms with E-state index in [1.165, 1.54) is 54.3 Å². The molecule has 0 aliphatic rings. The second-order valence-electron chi connectivity index (χ2n) is 7.74. The molecule has 0 aliphatic carbocycles. The Morgan fingerprint density at radius 2 is 2.03 bits per heavy atom. The van der Waals surface area contributed by atoms with E-state index in [9.17, 15) is 19.5 Å². The van der Waals surface area contributed by atoms with Crippen LogP contribution in [0.4, 0.5) is 5.82 Å². The first-order valence-electron chi connectivity index (χ1n) is 10.8. The predicted octanol–water partition coefficient (Wildman–Crippen LogP) is 3.70. The number of anilines is 1. The van der Waals surface area contributed by atoms with Crippen LogP contribution in [-0.2, 0) is 13.1 Å². The maximum Gasteiger partial charge on any atom is 0.318 e. The van der Waals surface area contributed by atoms with Crippen LogP contribution in [0.25, 0.3) is 11.3 Å². The number of aromatic hydroxyl groups is 1. The summed E-state index contributed by atoms with van der Waals surface area (Å²) in [5.74, 6) is -1.17. The van der Waals surface area contributed by atoms with Crippen molar-refractivity contribution in [2.75, 3.05) is 5.32 Å². The van der Waals surface area contributed by atoms with Crippen LogP contribution >= 0.6 is 22.9 Å². The minimum absolute atomic E-state index is 0.0188. The molecule has 0 unspecified atom stereocenters. The van der Waals surface area contributed by atoms with Crippen LogP contribution < -0.4 is 10.9 Å². The Balaban J connectivity index is 1.52. The third-order valence-corrected chi connectivity index (χ3v) is 6.55. The van der Waals surface area contributed by atoms with Gasteiger partial charge in [-0.15, -0.1) is 11.3 Å². The van der Waals surface area contributed by atoms with Crippen molar-refractivity contribution in [3.05, 3.63) is 98.1 Å². The van der Waals surface area contributed by atoms with Gasteiger partial charge in [-0.25, -0.2) is 0 Å². The van der Waals surface area contributed by atoms with Crippen molar-refractivity contribution in [3.63, 3.8) is 0 Å². The molecule has 5 aromatic heterocycles. The van der Waals surface area contributed by atoms with Crippen molar-refractivity contribution >= 4 is 40.4 Å². The van der Waals surface area contributed by atoms with E-state index >= 15 is 0 Å². The van der Waals surface area contributed by atoms with Gasteiger partial charge in [-0.05, 0) is 30.3 Å². The number of carbonyl (C=O) groups excluding carboxylic acids is 2. The number of nitrogens with one attached hydrogen (secondary N) is 1. The highest BCUT2D eigenvalue weighted by Gasteiger charge is 2.23. The van der Waals surface area contributed by atoms with E-state index in [1.54, 1.807) is 18.2 Å². The van der Waals surface area contributed by atoms with Crippen molar-refractivity contribution in [2.24, 2.45) is 0 Å². The smallest absolute Gasteiger partial charge is 0.318 e. The number of aromatic nitrogens is 5. The monoisotopic (exact) mass is 536 g/mol. The molecule has 0 saturated heterocycles. The molecule has 13 heteroatoms. The molecule has 0 atom stereocenters. The fraction of sp³-hybridized carbons (Fsp3) is 0.0833. The van der Waals surface area contributed by atoms with Gasteiger partial charge in [-0.3, -0.25) is 19.4 Å². The van der Waals surface area contributed by atoms with Gasteiger partial charge in [0.05, 0.1) is 23.6 Å². The van der Waals surface area contributed by atoms with E-state index in [-0.39, 0.29) is 40.9 Å². The molecule has 0 aliphatic heterocycles. The summed E-state index contributed by atoms with van der Waals surface area (Å²) in [6, 6.07) is 10.9. The van der Waals surface area contributed by atoms with E-state index in [4.69, 9.17) is 16.1 Å². The zero-order valence-corrected chi connectivity index (χ0v) is 20.4. The molecule has 37 heavy (non-hydrogen) atoms. The van der Waals surface area contributed by atoms with Crippen molar-refractivity contribution in [1.82, 2.24) is 24.5 Å². The first-order valence-corrected chi connectivity index (χ1v) is 12.0. The van der Waals surface area contributed by atoms with Gasteiger partial charge in [0.1, 0.15) is 22.8 Å². The van der Waals surface area contributed by atoms with Gasteiger partial charge in [0.15, 0.2) is 5.78 Å². The molecule has 0 bridgehead atoms. The molecule has 0 radical (unpaired) electrons. The molecule has 0 aromatic carbocycles. The zero-order valence-electron chi connectivity index (χ0n) is 18.9. The number of thiophene rings is 1. The lowest BCUT2D eigenvalue weighted by Crippen LogP contribution is -2.25. The minimum atomic E-state index is -0.661. The Labute approximate surface area is 217 Å². The Morgan fingerprint density at radius 1 is 1.16 bits per heavy atom. The molecule has 2 N–H and O–H groups in total. The van der Waals surface area contributed by atoms with Gasteiger partial charge in [-0.1, -0.05) is 16.8 Å². The van der Waals surface area contributed by atoms with E-state index in [0.29, 0.717) is 16.4 Å². The average Bonchev–Trinajstić information content (AvgIpc) is 3.66. The third kappa shape index (κ3) is 5.06. The second-order valence-corrected chi connectivity index (χ2v) is 9.54. The quantitative estimate of drug-likeness (QED) is 0.283. The molecule has 0 saturated carbocycles. The number of halogens is 1. The highest BCUT2D eigenvalue weighted by atomic mass is 35.5. The van der Waals surface area contributed by atoms with Gasteiger partial charge in [-0.2, -0.15) is 9.78 Å². The molecule has 0 fully saturated rings. The normalized spacial score (nSPS) is 10.9. The SMILES string of the molecule is O=C(Cn1ccc(O)c(-c2cc(NCc3ccc(Cl)s3)n(C(=O)c3ccno3)n2)c1=O)c1cccnc1. The molecule has 5 heterocycles. The number of pyridine rings is 2. The summed E-state index contributed by atoms with van der Waals surface area (Å²) < 4.78 is 7.76. The van der Waals surface area contributed by atoms with Crippen molar-refractivity contribution in [1.29, 1.82) is 0 Å². The fourth-order valence-corrected chi connectivity index (χ4v) is 4.57. The summed E-state index contributed by atoms with van der Waals surface area (Å²) in [5.41, 5.74) is -0.477. The van der Waals surface area contributed by atoms with Gasteiger partial charge in [0, 0.05) is 41.2 Å². The number of carbonyl (C=O) groups is 2. The van der Waals surface area contributed by atoms with Gasteiger partial charge in [0.2, 0.25) is 5.76 Å². The minimum Gasteiger partial charge on any atom is -0.507 e. The standard InChI is InChI=1S/C24H17ClN6O5S/c25-20-4-3-15(37-20)12-27-21-10-16(29-31(21)23(34)19-5-8-28-36-19)22-17(32)6-9-30(24(22)35)13-18(33)14-2-1-7-26-11-14/h1-11,27,32H,12-13H2. The maximum absolute atomic E-state index is 13.3. The summed E-state index contributed by atoms with van der Waals surface area (Å²) in [5, 5.41) is 21.5. The topological polar surface area (TPSA) is 145 Å². The molecule has 186 valence electrons. The van der Waals surface area contributed by atoms with Crippen LogP contribution in [0.15, 0.2) is 76.6 Å². The molecular formula is C24H17ClN6O5S. The molecule has 5 aromatic rings. The summed E-state index contributed by atoms with van der Waals surface area (Å²) in [4.78, 5) is 43.8. The summed E-state index contributed by atoms with van der Waals surface area (Å²) in [6.07, 6.45) is 5.58. The number of Topliss-reactive ketones (excluding diaryl/α,β-unsaturated/α-hetero) is 1. The van der Waals surface area contributed by atoms with Crippen LogP contribution in [0, 0.1) is 0 Å². The van der Waals surface area contributed by atoms with Crippen LogP contribution in [0.5, 0.6) is 5.75 Å². The lowest BCUT2D eigenvalue weighted by Gasteiger charge is -2.08. The lowest BCUT2D eigenvalue weighted by molar-refractivity contribution is 0.0910. The lowest BCUT2D eigenvalue weighted by atomic mass is 10.1. The number of hydrogen-bond donors (Lipinski definition) is 2. The van der Waals surface area contributed by atoms with Crippen molar-refractivity contribution in [2.45, 2.75) is 13.1 Å².